The second-order valence-corrected chi connectivity index (χ2v) is 6.58. The smallest absolute Gasteiger partial charge is 0.126 e. The first-order valence-electron chi connectivity index (χ1n) is 6.37. The molecule has 112 valence electrons. The van der Waals surface area contributed by atoms with E-state index in [9.17, 15) is 8.78 Å². The average Bonchev–Trinajstić information content (AvgIpc) is 2.47. The van der Waals surface area contributed by atoms with Gasteiger partial charge in [-0.15, -0.1) is 11.8 Å². The first kappa shape index (κ1) is 16.4. The maximum Gasteiger partial charge on any atom is 0.126 e. The number of halogens is 3. The number of nitrogens with two attached hydrogens (primary N) is 1. The van der Waals surface area contributed by atoms with Crippen molar-refractivity contribution < 1.29 is 8.78 Å². The van der Waals surface area contributed by atoms with Crippen LogP contribution in [0, 0.1) is 11.6 Å². The van der Waals surface area contributed by atoms with Gasteiger partial charge in [0.25, 0.3) is 0 Å². The molecule has 21 heavy (non-hydrogen) atoms. The van der Waals surface area contributed by atoms with Crippen molar-refractivity contribution in [3.63, 3.8) is 0 Å². The van der Waals surface area contributed by atoms with Gasteiger partial charge in [-0.2, -0.15) is 0 Å². The van der Waals surface area contributed by atoms with Gasteiger partial charge in [-0.3, -0.25) is 11.3 Å². The van der Waals surface area contributed by atoms with Crippen molar-refractivity contribution in [2.24, 2.45) is 5.84 Å². The molecule has 2 rings (SSSR count). The van der Waals surface area contributed by atoms with Crippen LogP contribution in [0.2, 0.25) is 0 Å². The molecule has 0 aromatic heterocycles. The Bertz CT molecular complexity index is 610. The van der Waals surface area contributed by atoms with E-state index in [1.165, 1.54) is 6.07 Å². The molecule has 1 atom stereocenters. The third-order valence-corrected chi connectivity index (χ3v) is 4.61. The molecule has 0 bridgehead atoms. The molecule has 0 aliphatic rings. The summed E-state index contributed by atoms with van der Waals surface area (Å²) >= 11 is 5.02. The SMILES string of the molecule is NNC(CSc1cccc(Br)c1)Cc1cc(F)ccc1F. The molecule has 0 aliphatic heterocycles. The Balaban J connectivity index is 1.98. The Morgan fingerprint density at radius 2 is 2.00 bits per heavy atom. The fraction of sp³-hybridized carbons (Fsp3) is 0.200. The van der Waals surface area contributed by atoms with E-state index >= 15 is 0 Å². The van der Waals surface area contributed by atoms with E-state index in [2.05, 4.69) is 21.4 Å². The van der Waals surface area contributed by atoms with Crippen molar-refractivity contribution in [2.45, 2.75) is 17.4 Å². The minimum Gasteiger partial charge on any atom is -0.271 e. The Hall–Kier alpha value is -0.950. The standard InChI is InChI=1S/C15H15BrF2N2S/c16-11-2-1-3-14(8-11)21-9-13(20-19)7-10-6-12(17)4-5-15(10)18/h1-6,8,13,20H,7,9,19H2. The van der Waals surface area contributed by atoms with Crippen LogP contribution in [0.4, 0.5) is 8.78 Å². The molecule has 2 aromatic rings. The van der Waals surface area contributed by atoms with Crippen molar-refractivity contribution in [3.05, 3.63) is 64.1 Å². The highest BCUT2D eigenvalue weighted by Gasteiger charge is 2.12. The van der Waals surface area contributed by atoms with Gasteiger partial charge in [0.15, 0.2) is 0 Å². The zero-order valence-corrected chi connectivity index (χ0v) is 13.6. The lowest BCUT2D eigenvalue weighted by Gasteiger charge is -2.16. The van der Waals surface area contributed by atoms with Gasteiger partial charge in [-0.05, 0) is 48.4 Å². The molecule has 3 N–H and O–H groups in total. The molecule has 0 radical (unpaired) electrons. The van der Waals surface area contributed by atoms with Gasteiger partial charge in [-0.25, -0.2) is 8.78 Å². The van der Waals surface area contributed by atoms with Crippen molar-refractivity contribution in [1.82, 2.24) is 5.43 Å². The van der Waals surface area contributed by atoms with E-state index in [-0.39, 0.29) is 6.04 Å². The van der Waals surface area contributed by atoms with Crippen LogP contribution >= 0.6 is 27.7 Å². The molecule has 0 heterocycles. The largest absolute Gasteiger partial charge is 0.271 e. The number of thioether (sulfide) groups is 1. The van der Waals surface area contributed by atoms with E-state index in [1.54, 1.807) is 11.8 Å². The third-order valence-electron chi connectivity index (χ3n) is 2.96. The summed E-state index contributed by atoms with van der Waals surface area (Å²) in [4.78, 5) is 1.09. The van der Waals surface area contributed by atoms with Gasteiger partial charge in [0, 0.05) is 21.2 Å². The van der Waals surface area contributed by atoms with Gasteiger partial charge >= 0.3 is 0 Å². The summed E-state index contributed by atoms with van der Waals surface area (Å²) in [6, 6.07) is 11.2. The van der Waals surface area contributed by atoms with Crippen LogP contribution in [0.3, 0.4) is 0 Å². The lowest BCUT2D eigenvalue weighted by Crippen LogP contribution is -2.38. The Morgan fingerprint density at radius 1 is 1.19 bits per heavy atom. The number of benzene rings is 2. The lowest BCUT2D eigenvalue weighted by molar-refractivity contribution is 0.538. The van der Waals surface area contributed by atoms with Crippen molar-refractivity contribution in [2.75, 3.05) is 5.75 Å². The summed E-state index contributed by atoms with van der Waals surface area (Å²) in [5.74, 6) is 5.31. The molecule has 0 saturated carbocycles. The van der Waals surface area contributed by atoms with Crippen molar-refractivity contribution in [3.8, 4) is 0 Å². The zero-order valence-electron chi connectivity index (χ0n) is 11.2. The molecule has 0 spiro atoms. The number of hydrogen-bond acceptors (Lipinski definition) is 3. The summed E-state index contributed by atoms with van der Waals surface area (Å²) in [6.07, 6.45) is 0.334. The molecule has 2 nitrogen and oxygen atoms in total. The van der Waals surface area contributed by atoms with Gasteiger partial charge in [-0.1, -0.05) is 22.0 Å². The normalized spacial score (nSPS) is 12.4. The molecule has 0 amide bonds. The van der Waals surface area contributed by atoms with Crippen LogP contribution in [-0.4, -0.2) is 11.8 Å². The average molecular weight is 373 g/mol. The van der Waals surface area contributed by atoms with Crippen LogP contribution in [0.25, 0.3) is 0 Å². The van der Waals surface area contributed by atoms with Gasteiger partial charge in [0.05, 0.1) is 0 Å². The van der Waals surface area contributed by atoms with Gasteiger partial charge in [0.2, 0.25) is 0 Å². The van der Waals surface area contributed by atoms with E-state index in [4.69, 9.17) is 5.84 Å². The first-order chi connectivity index (χ1) is 10.1. The van der Waals surface area contributed by atoms with Crippen LogP contribution in [0.5, 0.6) is 0 Å². The fourth-order valence-electron chi connectivity index (χ4n) is 1.88. The Kier molecular flexibility index (Phi) is 6.17. The van der Waals surface area contributed by atoms with Crippen LogP contribution in [0.15, 0.2) is 51.8 Å². The van der Waals surface area contributed by atoms with Crippen molar-refractivity contribution in [1.29, 1.82) is 0 Å². The number of hydrazine groups is 1. The minimum absolute atomic E-state index is 0.148. The minimum atomic E-state index is -0.443. The maximum atomic E-state index is 13.6. The highest BCUT2D eigenvalue weighted by molar-refractivity contribution is 9.10. The molecular formula is C15H15BrF2N2S. The topological polar surface area (TPSA) is 38.0 Å². The maximum absolute atomic E-state index is 13.6. The van der Waals surface area contributed by atoms with E-state index in [1.807, 2.05) is 24.3 Å². The van der Waals surface area contributed by atoms with Gasteiger partial charge in [0.1, 0.15) is 11.6 Å². The second kappa shape index (κ2) is 7.89. The van der Waals surface area contributed by atoms with Crippen LogP contribution in [0.1, 0.15) is 5.56 Å². The van der Waals surface area contributed by atoms with E-state index in [0.717, 1.165) is 21.5 Å². The molecule has 2 aromatic carbocycles. The van der Waals surface area contributed by atoms with Crippen LogP contribution < -0.4 is 11.3 Å². The molecule has 1 unspecified atom stereocenters. The van der Waals surface area contributed by atoms with E-state index < -0.39 is 11.6 Å². The quantitative estimate of drug-likeness (QED) is 0.458. The summed E-state index contributed by atoms with van der Waals surface area (Å²) in [6.45, 7) is 0. The molecular weight excluding hydrogens is 358 g/mol. The monoisotopic (exact) mass is 372 g/mol. The summed E-state index contributed by atoms with van der Waals surface area (Å²) in [5, 5.41) is 0. The lowest BCUT2D eigenvalue weighted by atomic mass is 10.1. The zero-order chi connectivity index (χ0) is 15.2. The molecule has 0 fully saturated rings. The highest BCUT2D eigenvalue weighted by Crippen LogP contribution is 2.23. The number of hydrogen-bond donors (Lipinski definition) is 2. The third kappa shape index (κ3) is 5.07. The predicted octanol–water partition coefficient (Wildman–Crippen LogP) is 3.89. The summed E-state index contributed by atoms with van der Waals surface area (Å²) in [5.41, 5.74) is 2.99. The molecule has 6 heteroatoms. The summed E-state index contributed by atoms with van der Waals surface area (Å²) < 4.78 is 27.8. The Labute approximate surface area is 135 Å². The molecule has 0 saturated heterocycles. The first-order valence-corrected chi connectivity index (χ1v) is 8.15. The predicted molar refractivity (Wildman–Crippen MR) is 86.0 cm³/mol. The van der Waals surface area contributed by atoms with E-state index in [0.29, 0.717) is 17.7 Å². The van der Waals surface area contributed by atoms with Crippen molar-refractivity contribution >= 4 is 27.7 Å². The number of nitrogens with one attached hydrogen (secondary N) is 1. The molecule has 0 aliphatic carbocycles. The fourth-order valence-corrected chi connectivity index (χ4v) is 3.43. The second-order valence-electron chi connectivity index (χ2n) is 4.57. The van der Waals surface area contributed by atoms with Gasteiger partial charge < -0.3 is 0 Å². The van der Waals surface area contributed by atoms with Crippen LogP contribution in [-0.2, 0) is 6.42 Å². The Morgan fingerprint density at radius 3 is 2.71 bits per heavy atom. The number of rotatable bonds is 6. The summed E-state index contributed by atoms with van der Waals surface area (Å²) in [7, 11) is 0. The highest BCUT2D eigenvalue weighted by atomic mass is 79.9.